The summed E-state index contributed by atoms with van der Waals surface area (Å²) in [6.45, 7) is 0. The van der Waals surface area contributed by atoms with Crippen molar-refractivity contribution in [1.82, 2.24) is 13.9 Å². The summed E-state index contributed by atoms with van der Waals surface area (Å²) in [5.41, 5.74) is -0.263. The van der Waals surface area contributed by atoms with Crippen molar-refractivity contribution >= 4 is 41.2 Å². The molecule has 0 saturated carbocycles. The average Bonchev–Trinajstić information content (AvgIpc) is 2.97. The molecule has 0 aliphatic carbocycles. The van der Waals surface area contributed by atoms with Gasteiger partial charge in [-0.05, 0) is 6.07 Å². The normalized spacial score (nSPS) is 10.9. The van der Waals surface area contributed by atoms with Crippen LogP contribution >= 0.6 is 12.3 Å². The standard InChI is InChI=1S/C15H10F3N5OS/c1-20-10-3-8(16)2-9(17)12(10)13(19)11-4-21-15-14(22-11)7(6-24)5-23(15)25-18/h2-6,19-20H,1H3. The molecular formula is C15H10F3N5OS. The molecule has 2 aromatic heterocycles. The van der Waals surface area contributed by atoms with Gasteiger partial charge in [0, 0.05) is 25.0 Å². The Morgan fingerprint density at radius 2 is 2.16 bits per heavy atom. The van der Waals surface area contributed by atoms with Crippen LogP contribution < -0.4 is 5.32 Å². The Balaban J connectivity index is 2.17. The number of aromatic nitrogens is 3. The maximum atomic E-state index is 14.2. The predicted molar refractivity (Wildman–Crippen MR) is 88.8 cm³/mol. The van der Waals surface area contributed by atoms with Crippen molar-refractivity contribution in [3.05, 3.63) is 53.0 Å². The van der Waals surface area contributed by atoms with Gasteiger partial charge in [-0.3, -0.25) is 10.2 Å². The Morgan fingerprint density at radius 3 is 2.80 bits per heavy atom. The molecular weight excluding hydrogens is 355 g/mol. The lowest BCUT2D eigenvalue weighted by molar-refractivity contribution is 0.112. The van der Waals surface area contributed by atoms with Crippen LogP contribution in [0.25, 0.3) is 11.2 Å². The van der Waals surface area contributed by atoms with Crippen molar-refractivity contribution in [3.8, 4) is 0 Å². The van der Waals surface area contributed by atoms with E-state index >= 15 is 0 Å². The maximum Gasteiger partial charge on any atom is 0.171 e. The first-order valence-electron chi connectivity index (χ1n) is 6.88. The predicted octanol–water partition coefficient (Wildman–Crippen LogP) is 3.36. The molecule has 0 bridgehead atoms. The van der Waals surface area contributed by atoms with E-state index in [2.05, 4.69) is 15.3 Å². The Kier molecular flexibility index (Phi) is 4.45. The fourth-order valence-corrected chi connectivity index (χ4v) is 2.75. The van der Waals surface area contributed by atoms with E-state index in [-0.39, 0.29) is 51.7 Å². The third-order valence-electron chi connectivity index (χ3n) is 3.52. The summed E-state index contributed by atoms with van der Waals surface area (Å²) in [5.74, 6) is -1.73. The van der Waals surface area contributed by atoms with E-state index in [1.807, 2.05) is 0 Å². The van der Waals surface area contributed by atoms with Crippen LogP contribution in [0, 0.1) is 17.0 Å². The van der Waals surface area contributed by atoms with Gasteiger partial charge in [0.05, 0.1) is 23.0 Å². The van der Waals surface area contributed by atoms with Gasteiger partial charge < -0.3 is 5.32 Å². The summed E-state index contributed by atoms with van der Waals surface area (Å²) in [7, 11) is 1.46. The minimum atomic E-state index is -0.941. The molecule has 0 unspecified atom stereocenters. The van der Waals surface area contributed by atoms with Crippen LogP contribution in [0.3, 0.4) is 0 Å². The first-order valence-corrected chi connectivity index (χ1v) is 7.56. The summed E-state index contributed by atoms with van der Waals surface area (Å²) in [6, 6.07) is 1.70. The van der Waals surface area contributed by atoms with Crippen molar-refractivity contribution in [1.29, 1.82) is 5.41 Å². The van der Waals surface area contributed by atoms with E-state index in [1.54, 1.807) is 0 Å². The highest BCUT2D eigenvalue weighted by atomic mass is 32.2. The zero-order valence-corrected chi connectivity index (χ0v) is 13.5. The highest BCUT2D eigenvalue weighted by molar-refractivity contribution is 7.92. The summed E-state index contributed by atoms with van der Waals surface area (Å²) in [5, 5.41) is 10.8. The van der Waals surface area contributed by atoms with E-state index in [1.165, 1.54) is 13.2 Å². The summed E-state index contributed by atoms with van der Waals surface area (Å²) in [6.07, 6.45) is 2.86. The third-order valence-corrected chi connectivity index (χ3v) is 3.95. The molecule has 0 aliphatic heterocycles. The van der Waals surface area contributed by atoms with Crippen LogP contribution in [0.15, 0.2) is 24.5 Å². The van der Waals surface area contributed by atoms with Crippen LogP contribution in [-0.4, -0.2) is 33.0 Å². The van der Waals surface area contributed by atoms with Crippen molar-refractivity contribution in [2.24, 2.45) is 0 Å². The number of nitrogens with one attached hydrogen (secondary N) is 2. The van der Waals surface area contributed by atoms with Gasteiger partial charge >= 0.3 is 0 Å². The maximum absolute atomic E-state index is 14.2. The fraction of sp³-hybridized carbons (Fsp3) is 0.0667. The van der Waals surface area contributed by atoms with Crippen LogP contribution in [0.1, 0.15) is 21.6 Å². The lowest BCUT2D eigenvalue weighted by atomic mass is 10.0. The number of carbonyl (C=O) groups is 1. The zero-order chi connectivity index (χ0) is 18.1. The van der Waals surface area contributed by atoms with Gasteiger partial charge in [-0.1, -0.05) is 0 Å². The van der Waals surface area contributed by atoms with Crippen molar-refractivity contribution in [2.75, 3.05) is 12.4 Å². The number of benzene rings is 1. The molecule has 0 spiro atoms. The molecule has 3 aromatic rings. The number of aldehydes is 1. The van der Waals surface area contributed by atoms with Gasteiger partial charge in [0.25, 0.3) is 0 Å². The second-order valence-electron chi connectivity index (χ2n) is 4.96. The molecule has 0 radical (unpaired) electrons. The van der Waals surface area contributed by atoms with Gasteiger partial charge in [0.15, 0.2) is 24.3 Å². The first-order chi connectivity index (χ1) is 12.0. The SMILES string of the molecule is CNc1cc(F)cc(F)c1C(=N)c1cnc2c(n1)c(C=O)cn2SF. The van der Waals surface area contributed by atoms with Gasteiger partial charge in [-0.25, -0.2) is 22.7 Å². The van der Waals surface area contributed by atoms with Crippen molar-refractivity contribution in [3.63, 3.8) is 0 Å². The molecule has 3 rings (SSSR count). The molecule has 1 aromatic carbocycles. The van der Waals surface area contributed by atoms with E-state index < -0.39 is 11.6 Å². The highest BCUT2D eigenvalue weighted by Gasteiger charge is 2.20. The number of fused-ring (bicyclic) bond motifs is 1. The van der Waals surface area contributed by atoms with E-state index in [4.69, 9.17) is 5.41 Å². The molecule has 0 fully saturated rings. The average molecular weight is 365 g/mol. The molecule has 2 heterocycles. The second kappa shape index (κ2) is 6.55. The largest absolute Gasteiger partial charge is 0.387 e. The van der Waals surface area contributed by atoms with Gasteiger partial charge in [-0.2, -0.15) is 0 Å². The van der Waals surface area contributed by atoms with Crippen LogP contribution in [0.4, 0.5) is 18.4 Å². The highest BCUT2D eigenvalue weighted by Crippen LogP contribution is 2.26. The van der Waals surface area contributed by atoms with Crippen LogP contribution in [-0.2, 0) is 0 Å². The third kappa shape index (κ3) is 2.84. The quantitative estimate of drug-likeness (QED) is 0.535. The van der Waals surface area contributed by atoms with Gasteiger partial charge in [0.2, 0.25) is 0 Å². The molecule has 0 aliphatic rings. The molecule has 25 heavy (non-hydrogen) atoms. The van der Waals surface area contributed by atoms with Crippen molar-refractivity contribution < 1.29 is 17.5 Å². The number of anilines is 1. The summed E-state index contributed by atoms with van der Waals surface area (Å²) >= 11 is -0.155. The van der Waals surface area contributed by atoms with E-state index in [0.29, 0.717) is 12.4 Å². The Labute approximate surface area is 144 Å². The zero-order valence-electron chi connectivity index (χ0n) is 12.7. The van der Waals surface area contributed by atoms with Gasteiger partial charge in [0.1, 0.15) is 22.8 Å². The number of rotatable bonds is 5. The lowest BCUT2D eigenvalue weighted by Gasteiger charge is -2.11. The number of halogens is 3. The topological polar surface area (TPSA) is 83.7 Å². The summed E-state index contributed by atoms with van der Waals surface area (Å²) < 4.78 is 41.4. The fourth-order valence-electron chi connectivity index (χ4n) is 2.40. The number of nitrogens with zero attached hydrogens (tertiary/aromatic N) is 3. The second-order valence-corrected chi connectivity index (χ2v) is 5.49. The molecule has 0 saturated heterocycles. The Morgan fingerprint density at radius 1 is 1.40 bits per heavy atom. The Bertz CT molecular complexity index is 1000. The molecule has 10 heteroatoms. The van der Waals surface area contributed by atoms with Gasteiger partial charge in [-0.15, -0.1) is 3.89 Å². The first kappa shape index (κ1) is 17.0. The molecule has 2 N–H and O–H groups in total. The van der Waals surface area contributed by atoms with E-state index in [0.717, 1.165) is 16.2 Å². The smallest absolute Gasteiger partial charge is 0.171 e. The number of hydrogen-bond acceptors (Lipinski definition) is 6. The number of carbonyl (C=O) groups excluding carboxylic acids is 1. The lowest BCUT2D eigenvalue weighted by Crippen LogP contribution is -2.11. The minimum absolute atomic E-state index is 0.0424. The molecule has 128 valence electrons. The molecule has 0 atom stereocenters. The minimum Gasteiger partial charge on any atom is -0.387 e. The molecule has 6 nitrogen and oxygen atoms in total. The van der Waals surface area contributed by atoms with E-state index in [9.17, 15) is 17.5 Å². The number of hydrogen-bond donors (Lipinski definition) is 2. The molecule has 0 amide bonds. The summed E-state index contributed by atoms with van der Waals surface area (Å²) in [4.78, 5) is 19.2. The Hall–Kier alpha value is -2.88. The van der Waals surface area contributed by atoms with Crippen LogP contribution in [0.5, 0.6) is 0 Å². The van der Waals surface area contributed by atoms with Crippen LogP contribution in [0.2, 0.25) is 0 Å². The monoisotopic (exact) mass is 365 g/mol. The van der Waals surface area contributed by atoms with Crippen molar-refractivity contribution in [2.45, 2.75) is 0 Å².